The third-order valence-corrected chi connectivity index (χ3v) is 18.4. The number of carbonyl (C=O) groups excluding carboxylic acids is 4. The highest BCUT2D eigenvalue weighted by atomic mass is 31.2. The summed E-state index contributed by atoms with van der Waals surface area (Å²) in [5.74, 6) is -1.33. The monoisotopic (exact) mass is 1320 g/mol. The molecule has 0 rings (SSSR count). The first-order valence-corrected chi connectivity index (χ1v) is 40.1. The van der Waals surface area contributed by atoms with E-state index < -0.39 is 97.5 Å². The number of carbonyl (C=O) groups is 4. The minimum Gasteiger partial charge on any atom is -0.462 e. The van der Waals surface area contributed by atoms with Crippen LogP contribution >= 0.6 is 15.6 Å². The molecule has 0 amide bonds. The van der Waals surface area contributed by atoms with Crippen LogP contribution in [-0.4, -0.2) is 96.7 Å². The number of hydrogen-bond acceptors (Lipinski definition) is 15. The van der Waals surface area contributed by atoms with Crippen molar-refractivity contribution in [2.75, 3.05) is 39.6 Å². The number of ether oxygens (including phenoxy) is 4. The molecule has 0 aliphatic carbocycles. The predicted octanol–water partition coefficient (Wildman–Crippen LogP) is 20.5. The van der Waals surface area contributed by atoms with Gasteiger partial charge in [0.1, 0.15) is 19.3 Å². The van der Waals surface area contributed by atoms with Crippen LogP contribution < -0.4 is 0 Å². The first kappa shape index (κ1) is 88.1. The minimum atomic E-state index is -4.95. The minimum absolute atomic E-state index is 0.106. The lowest BCUT2D eigenvalue weighted by Gasteiger charge is -2.21. The zero-order valence-corrected chi connectivity index (χ0v) is 60.1. The molecule has 0 spiro atoms. The molecule has 19 heteroatoms. The quantitative estimate of drug-likeness (QED) is 0.0222. The molecular formula is C71H138O17P2. The van der Waals surface area contributed by atoms with Gasteiger partial charge < -0.3 is 33.8 Å². The van der Waals surface area contributed by atoms with Crippen molar-refractivity contribution in [2.45, 2.75) is 387 Å². The first-order chi connectivity index (χ1) is 43.5. The molecule has 17 nitrogen and oxygen atoms in total. The largest absolute Gasteiger partial charge is 0.472 e. The maximum atomic E-state index is 13.0. The molecule has 5 atom stereocenters. The second kappa shape index (κ2) is 64.4. The van der Waals surface area contributed by atoms with Crippen LogP contribution in [0, 0.1) is 5.92 Å². The van der Waals surface area contributed by atoms with E-state index in [0.717, 1.165) is 109 Å². The van der Waals surface area contributed by atoms with Crippen LogP contribution in [0.1, 0.15) is 369 Å². The maximum absolute atomic E-state index is 13.0. The molecule has 0 saturated heterocycles. The summed E-state index contributed by atoms with van der Waals surface area (Å²) in [7, 11) is -9.89. The maximum Gasteiger partial charge on any atom is 0.472 e. The van der Waals surface area contributed by atoms with E-state index in [1.807, 2.05) is 0 Å². The van der Waals surface area contributed by atoms with E-state index in [9.17, 15) is 43.2 Å². The van der Waals surface area contributed by atoms with E-state index >= 15 is 0 Å². The average Bonchev–Trinajstić information content (AvgIpc) is 2.77. The molecule has 0 heterocycles. The molecule has 2 unspecified atom stereocenters. The highest BCUT2D eigenvalue weighted by Gasteiger charge is 2.30. The van der Waals surface area contributed by atoms with Gasteiger partial charge in [0.05, 0.1) is 26.4 Å². The Kier molecular flexibility index (Phi) is 63.0. The van der Waals surface area contributed by atoms with Gasteiger partial charge in [-0.25, -0.2) is 9.13 Å². The molecule has 0 aromatic heterocycles. The van der Waals surface area contributed by atoms with E-state index in [1.54, 1.807) is 0 Å². The lowest BCUT2D eigenvalue weighted by molar-refractivity contribution is -0.161. The van der Waals surface area contributed by atoms with Crippen LogP contribution in [0.15, 0.2) is 0 Å². The van der Waals surface area contributed by atoms with Crippen LogP contribution in [0.5, 0.6) is 0 Å². The Hall–Kier alpha value is -1.94. The number of unbranched alkanes of at least 4 members (excludes halogenated alkanes) is 43. The van der Waals surface area contributed by atoms with Gasteiger partial charge in [0.2, 0.25) is 0 Å². The Balaban J connectivity index is 5.19. The van der Waals surface area contributed by atoms with Crippen LogP contribution in [0.4, 0.5) is 0 Å². The Morgan fingerprint density at radius 3 is 0.756 bits per heavy atom. The SMILES string of the molecule is CCCCCCCCCCCCCCCCCCCC(=O)O[C@H](COC(=O)CCCCCCCCCCCCCCCC(C)C)COP(=O)(O)OC[C@@H](O)COP(=O)(O)OC[C@@H](COC(=O)CCCCCCCCC)OC(=O)CCCCCCCCCCCC. The summed E-state index contributed by atoms with van der Waals surface area (Å²) < 4.78 is 68.2. The fourth-order valence-corrected chi connectivity index (χ4v) is 12.4. The van der Waals surface area contributed by atoms with E-state index in [0.29, 0.717) is 25.7 Å². The summed E-state index contributed by atoms with van der Waals surface area (Å²) in [5, 5.41) is 10.6. The third-order valence-electron chi connectivity index (χ3n) is 16.5. The summed E-state index contributed by atoms with van der Waals surface area (Å²) >= 11 is 0. The number of aliphatic hydroxyl groups excluding tert-OH is 1. The topological polar surface area (TPSA) is 237 Å². The highest BCUT2D eigenvalue weighted by molar-refractivity contribution is 7.47. The standard InChI is InChI=1S/C71H138O17P2/c1-6-9-12-15-18-20-22-23-24-25-26-29-33-37-42-47-52-57-71(76)88-67(61-82-69(74)55-50-45-40-36-32-30-27-28-31-34-39-43-48-53-64(4)5)63-86-90(79,80)84-59-65(72)58-83-89(77,78)85-62-66(60-81-68(73)54-49-44-38-17-14-11-8-3)87-70(75)56-51-46-41-35-21-19-16-13-10-7-2/h64-67,72H,6-63H2,1-5H3,(H,77,78)(H,79,80)/t65-,66+,67+/m0/s1. The van der Waals surface area contributed by atoms with Crippen molar-refractivity contribution in [1.29, 1.82) is 0 Å². The van der Waals surface area contributed by atoms with E-state index in [2.05, 4.69) is 34.6 Å². The molecule has 0 radical (unpaired) electrons. The van der Waals surface area contributed by atoms with Gasteiger partial charge in [-0.05, 0) is 31.6 Å². The summed E-state index contributed by atoms with van der Waals surface area (Å²) in [6.45, 7) is 7.23. The molecular weight excluding hydrogens is 1190 g/mol. The first-order valence-electron chi connectivity index (χ1n) is 37.1. The zero-order valence-electron chi connectivity index (χ0n) is 58.3. The van der Waals surface area contributed by atoms with Crippen molar-refractivity contribution in [1.82, 2.24) is 0 Å². The van der Waals surface area contributed by atoms with Gasteiger partial charge in [-0.15, -0.1) is 0 Å². The van der Waals surface area contributed by atoms with Crippen LogP contribution in [-0.2, 0) is 65.4 Å². The van der Waals surface area contributed by atoms with Crippen molar-refractivity contribution in [3.8, 4) is 0 Å². The lowest BCUT2D eigenvalue weighted by atomic mass is 10.0. The molecule has 534 valence electrons. The number of esters is 4. The number of phosphoric acid groups is 2. The van der Waals surface area contributed by atoms with Crippen LogP contribution in [0.3, 0.4) is 0 Å². The van der Waals surface area contributed by atoms with Crippen molar-refractivity contribution in [3.63, 3.8) is 0 Å². The smallest absolute Gasteiger partial charge is 0.462 e. The molecule has 0 aliphatic rings. The Labute approximate surface area is 549 Å². The van der Waals surface area contributed by atoms with Gasteiger partial charge in [-0.2, -0.15) is 0 Å². The molecule has 0 bridgehead atoms. The van der Waals surface area contributed by atoms with Crippen molar-refractivity contribution in [3.05, 3.63) is 0 Å². The van der Waals surface area contributed by atoms with E-state index in [1.165, 1.54) is 180 Å². The van der Waals surface area contributed by atoms with Gasteiger partial charge in [-0.1, -0.05) is 317 Å². The normalized spacial score (nSPS) is 14.1. The van der Waals surface area contributed by atoms with Crippen molar-refractivity contribution in [2.24, 2.45) is 5.92 Å². The summed E-state index contributed by atoms with van der Waals surface area (Å²) in [5.41, 5.74) is 0. The second-order valence-corrected chi connectivity index (χ2v) is 29.0. The van der Waals surface area contributed by atoms with E-state index in [-0.39, 0.29) is 25.7 Å². The average molecular weight is 1330 g/mol. The predicted molar refractivity (Wildman–Crippen MR) is 363 cm³/mol. The number of phosphoric ester groups is 2. The fourth-order valence-electron chi connectivity index (χ4n) is 10.8. The zero-order chi connectivity index (χ0) is 66.3. The van der Waals surface area contributed by atoms with Crippen LogP contribution in [0.25, 0.3) is 0 Å². The molecule has 3 N–H and O–H groups in total. The highest BCUT2D eigenvalue weighted by Crippen LogP contribution is 2.45. The van der Waals surface area contributed by atoms with Gasteiger partial charge >= 0.3 is 39.5 Å². The number of aliphatic hydroxyl groups is 1. The van der Waals surface area contributed by atoms with Gasteiger partial charge in [-0.3, -0.25) is 37.3 Å². The molecule has 90 heavy (non-hydrogen) atoms. The molecule has 0 aromatic rings. The second-order valence-electron chi connectivity index (χ2n) is 26.1. The Morgan fingerprint density at radius 1 is 0.300 bits per heavy atom. The molecule has 0 fully saturated rings. The fraction of sp³-hybridized carbons (Fsp3) is 0.944. The number of rotatable bonds is 71. The van der Waals surface area contributed by atoms with Crippen LogP contribution in [0.2, 0.25) is 0 Å². The van der Waals surface area contributed by atoms with Crippen molar-refractivity contribution >= 4 is 39.5 Å². The van der Waals surface area contributed by atoms with Gasteiger partial charge in [0.25, 0.3) is 0 Å². The summed E-state index contributed by atoms with van der Waals surface area (Å²) in [4.78, 5) is 72.4. The Morgan fingerprint density at radius 2 is 0.511 bits per heavy atom. The van der Waals surface area contributed by atoms with Crippen molar-refractivity contribution < 1.29 is 80.2 Å². The number of hydrogen-bond donors (Lipinski definition) is 3. The van der Waals surface area contributed by atoms with Gasteiger partial charge in [0.15, 0.2) is 12.2 Å². The third kappa shape index (κ3) is 64.8. The molecule has 0 saturated carbocycles. The molecule has 0 aromatic carbocycles. The Bertz CT molecular complexity index is 1740. The lowest BCUT2D eigenvalue weighted by Crippen LogP contribution is -2.30. The summed E-state index contributed by atoms with van der Waals surface area (Å²) in [6, 6.07) is 0. The molecule has 0 aliphatic heterocycles. The van der Waals surface area contributed by atoms with Gasteiger partial charge in [0, 0.05) is 25.7 Å². The van der Waals surface area contributed by atoms with E-state index in [4.69, 9.17) is 37.0 Å². The summed E-state index contributed by atoms with van der Waals surface area (Å²) in [6.07, 6.45) is 51.4.